The number of hydrogen-bond acceptors (Lipinski definition) is 3. The number of carbonyl (C=O) groups excluding carboxylic acids is 1. The number of hydrogen-bond donors (Lipinski definition) is 2. The predicted octanol–water partition coefficient (Wildman–Crippen LogP) is -0.539. The molecule has 1 saturated heterocycles. The minimum atomic E-state index is -0.569. The van der Waals surface area contributed by atoms with Crippen LogP contribution >= 0.6 is 0 Å². The highest BCUT2D eigenvalue weighted by atomic mass is 16.3. The zero-order valence-electron chi connectivity index (χ0n) is 8.20. The molecule has 3 aliphatic rings. The van der Waals surface area contributed by atoms with Crippen molar-refractivity contribution in [2.24, 2.45) is 11.7 Å². The van der Waals surface area contributed by atoms with Gasteiger partial charge in [0.25, 0.3) is 0 Å². The van der Waals surface area contributed by atoms with E-state index >= 15 is 0 Å². The van der Waals surface area contributed by atoms with Crippen LogP contribution in [0, 0.1) is 5.92 Å². The van der Waals surface area contributed by atoms with Crippen molar-refractivity contribution >= 4 is 5.91 Å². The molecule has 3 rings (SSSR count). The van der Waals surface area contributed by atoms with Gasteiger partial charge in [-0.1, -0.05) is 0 Å². The summed E-state index contributed by atoms with van der Waals surface area (Å²) in [6.07, 6.45) is 3.85. The van der Waals surface area contributed by atoms with Gasteiger partial charge in [0.1, 0.15) is 5.60 Å². The second-order valence-electron chi connectivity index (χ2n) is 5.20. The lowest BCUT2D eigenvalue weighted by Crippen LogP contribution is -2.67. The Balaban J connectivity index is 1.61. The fourth-order valence-electron chi connectivity index (χ4n) is 2.30. The third kappa shape index (κ3) is 1.10. The van der Waals surface area contributed by atoms with Gasteiger partial charge in [0.2, 0.25) is 5.91 Å². The van der Waals surface area contributed by atoms with Crippen LogP contribution in [0.2, 0.25) is 0 Å². The molecule has 4 heteroatoms. The van der Waals surface area contributed by atoms with Crippen molar-refractivity contribution in [1.29, 1.82) is 0 Å². The summed E-state index contributed by atoms with van der Waals surface area (Å²) < 4.78 is 0. The molecule has 78 valence electrons. The van der Waals surface area contributed by atoms with Crippen LogP contribution < -0.4 is 5.73 Å². The standard InChI is InChI=1S/C10H16N2O2/c11-9(3-4-9)8(13)12-5-10(14,6-12)7-1-2-7/h7,14H,1-6,11H2. The van der Waals surface area contributed by atoms with Gasteiger partial charge in [-0.2, -0.15) is 0 Å². The molecule has 4 nitrogen and oxygen atoms in total. The van der Waals surface area contributed by atoms with Crippen LogP contribution in [0.5, 0.6) is 0 Å². The summed E-state index contributed by atoms with van der Waals surface area (Å²) in [7, 11) is 0. The maximum Gasteiger partial charge on any atom is 0.242 e. The first-order chi connectivity index (χ1) is 6.54. The molecule has 0 aromatic rings. The Labute approximate surface area is 83.1 Å². The fraction of sp³-hybridized carbons (Fsp3) is 0.900. The third-order valence-corrected chi connectivity index (χ3v) is 3.77. The molecule has 0 radical (unpaired) electrons. The number of carbonyl (C=O) groups is 1. The van der Waals surface area contributed by atoms with Crippen molar-refractivity contribution in [1.82, 2.24) is 4.90 Å². The van der Waals surface area contributed by atoms with E-state index in [1.54, 1.807) is 4.90 Å². The highest BCUT2D eigenvalue weighted by molar-refractivity contribution is 5.89. The van der Waals surface area contributed by atoms with Crippen LogP contribution in [0.1, 0.15) is 25.7 Å². The molecule has 3 fully saturated rings. The molecule has 1 aliphatic heterocycles. The Hall–Kier alpha value is -0.610. The lowest BCUT2D eigenvalue weighted by atomic mass is 9.88. The van der Waals surface area contributed by atoms with E-state index in [1.807, 2.05) is 0 Å². The van der Waals surface area contributed by atoms with Crippen molar-refractivity contribution in [3.8, 4) is 0 Å². The molecule has 0 spiro atoms. The monoisotopic (exact) mass is 196 g/mol. The first kappa shape index (κ1) is 8.68. The van der Waals surface area contributed by atoms with Gasteiger partial charge in [-0.3, -0.25) is 4.79 Å². The van der Waals surface area contributed by atoms with E-state index in [0.29, 0.717) is 19.0 Å². The van der Waals surface area contributed by atoms with Crippen molar-refractivity contribution in [2.45, 2.75) is 36.8 Å². The van der Waals surface area contributed by atoms with E-state index in [-0.39, 0.29) is 5.91 Å². The summed E-state index contributed by atoms with van der Waals surface area (Å²) in [6.45, 7) is 1.02. The Bertz CT molecular complexity index is 288. The average molecular weight is 196 g/mol. The normalized spacial score (nSPS) is 32.3. The van der Waals surface area contributed by atoms with E-state index < -0.39 is 11.1 Å². The molecular weight excluding hydrogens is 180 g/mol. The SMILES string of the molecule is NC1(C(=O)N2CC(O)(C3CC3)C2)CC1. The summed E-state index contributed by atoms with van der Waals surface area (Å²) >= 11 is 0. The minimum Gasteiger partial charge on any atom is -0.386 e. The number of β-amino-alcohol motifs (C(OH)–C–C–N with tert-alkyl or cyclic N) is 1. The maximum absolute atomic E-state index is 11.7. The molecule has 0 aromatic heterocycles. The fourth-order valence-corrected chi connectivity index (χ4v) is 2.30. The second-order valence-corrected chi connectivity index (χ2v) is 5.20. The Morgan fingerprint density at radius 3 is 2.36 bits per heavy atom. The van der Waals surface area contributed by atoms with Crippen LogP contribution in [0.15, 0.2) is 0 Å². The molecule has 0 aromatic carbocycles. The van der Waals surface area contributed by atoms with Crippen molar-refractivity contribution < 1.29 is 9.90 Å². The van der Waals surface area contributed by atoms with E-state index in [1.165, 1.54) is 0 Å². The summed E-state index contributed by atoms with van der Waals surface area (Å²) in [5.74, 6) is 0.488. The zero-order chi connectivity index (χ0) is 9.97. The van der Waals surface area contributed by atoms with Gasteiger partial charge in [-0.25, -0.2) is 0 Å². The van der Waals surface area contributed by atoms with Gasteiger partial charge in [0, 0.05) is 0 Å². The first-order valence-corrected chi connectivity index (χ1v) is 5.34. The lowest BCUT2D eigenvalue weighted by molar-refractivity contribution is -0.161. The van der Waals surface area contributed by atoms with Crippen LogP contribution in [0.25, 0.3) is 0 Å². The molecule has 2 saturated carbocycles. The maximum atomic E-state index is 11.7. The average Bonchev–Trinajstić information content (AvgIpc) is 2.89. The Morgan fingerprint density at radius 1 is 1.36 bits per heavy atom. The van der Waals surface area contributed by atoms with Crippen LogP contribution in [-0.4, -0.2) is 40.1 Å². The van der Waals surface area contributed by atoms with E-state index in [2.05, 4.69) is 0 Å². The molecule has 1 heterocycles. The molecule has 1 amide bonds. The summed E-state index contributed by atoms with van der Waals surface area (Å²) in [4.78, 5) is 13.4. The number of nitrogens with two attached hydrogens (primary N) is 1. The summed E-state index contributed by atoms with van der Waals surface area (Å²) in [5, 5.41) is 10.0. The summed E-state index contributed by atoms with van der Waals surface area (Å²) in [6, 6.07) is 0. The topological polar surface area (TPSA) is 66.6 Å². The highest BCUT2D eigenvalue weighted by Gasteiger charge is 2.57. The largest absolute Gasteiger partial charge is 0.386 e. The van der Waals surface area contributed by atoms with Crippen LogP contribution in [-0.2, 0) is 4.79 Å². The van der Waals surface area contributed by atoms with E-state index in [9.17, 15) is 9.90 Å². The van der Waals surface area contributed by atoms with Crippen molar-refractivity contribution in [2.75, 3.05) is 13.1 Å². The molecule has 0 bridgehead atoms. The van der Waals surface area contributed by atoms with Gasteiger partial charge >= 0.3 is 0 Å². The molecule has 2 aliphatic carbocycles. The van der Waals surface area contributed by atoms with Gasteiger partial charge in [0.15, 0.2) is 0 Å². The minimum absolute atomic E-state index is 0.0443. The van der Waals surface area contributed by atoms with E-state index in [0.717, 1.165) is 25.7 Å². The van der Waals surface area contributed by atoms with Crippen LogP contribution in [0.3, 0.4) is 0 Å². The molecular formula is C10H16N2O2. The van der Waals surface area contributed by atoms with Gasteiger partial charge in [0.05, 0.1) is 18.6 Å². The van der Waals surface area contributed by atoms with Gasteiger partial charge < -0.3 is 15.7 Å². The van der Waals surface area contributed by atoms with Crippen molar-refractivity contribution in [3.63, 3.8) is 0 Å². The molecule has 14 heavy (non-hydrogen) atoms. The highest BCUT2D eigenvalue weighted by Crippen LogP contribution is 2.46. The molecule has 0 atom stereocenters. The molecule has 3 N–H and O–H groups in total. The van der Waals surface area contributed by atoms with Gasteiger partial charge in [-0.15, -0.1) is 0 Å². The number of aliphatic hydroxyl groups is 1. The number of nitrogens with zero attached hydrogens (tertiary/aromatic N) is 1. The predicted molar refractivity (Wildman–Crippen MR) is 50.4 cm³/mol. The zero-order valence-corrected chi connectivity index (χ0v) is 8.20. The number of rotatable bonds is 2. The number of amides is 1. The van der Waals surface area contributed by atoms with Crippen molar-refractivity contribution in [3.05, 3.63) is 0 Å². The first-order valence-electron chi connectivity index (χ1n) is 5.34. The van der Waals surface area contributed by atoms with Gasteiger partial charge in [-0.05, 0) is 31.6 Å². The smallest absolute Gasteiger partial charge is 0.242 e. The summed E-state index contributed by atoms with van der Waals surface area (Å²) in [5.41, 5.74) is 4.67. The second kappa shape index (κ2) is 2.31. The quantitative estimate of drug-likeness (QED) is 0.623. The third-order valence-electron chi connectivity index (χ3n) is 3.77. The van der Waals surface area contributed by atoms with Crippen LogP contribution in [0.4, 0.5) is 0 Å². The lowest BCUT2D eigenvalue weighted by Gasteiger charge is -2.47. The Morgan fingerprint density at radius 2 is 1.93 bits per heavy atom. The van der Waals surface area contributed by atoms with E-state index in [4.69, 9.17) is 5.73 Å². The number of likely N-dealkylation sites (tertiary alicyclic amines) is 1. The Kier molecular flexibility index (Phi) is 1.43. The molecule has 0 unspecified atom stereocenters.